The van der Waals surface area contributed by atoms with E-state index in [2.05, 4.69) is 17.1 Å². The molecule has 0 spiro atoms. The summed E-state index contributed by atoms with van der Waals surface area (Å²) in [5, 5.41) is 3.31. The molecule has 1 N–H and O–H groups in total. The Hall–Kier alpha value is -0.650. The molecule has 5 nitrogen and oxygen atoms in total. The number of ether oxygens (including phenoxy) is 1. The second kappa shape index (κ2) is 7.07. The molecule has 5 heteroatoms. The van der Waals surface area contributed by atoms with Crippen LogP contribution in [0.2, 0.25) is 0 Å². The molecule has 18 heavy (non-hydrogen) atoms. The summed E-state index contributed by atoms with van der Waals surface area (Å²) in [6.07, 6.45) is 1.09. The molecule has 1 atom stereocenters. The van der Waals surface area contributed by atoms with Gasteiger partial charge in [-0.1, -0.05) is 0 Å². The van der Waals surface area contributed by atoms with Crippen LogP contribution in [0.4, 0.5) is 0 Å². The summed E-state index contributed by atoms with van der Waals surface area (Å²) in [5.41, 5.74) is 0. The molecule has 0 aromatic heterocycles. The molecule has 2 aliphatic heterocycles. The molecule has 2 saturated heterocycles. The summed E-state index contributed by atoms with van der Waals surface area (Å²) in [7, 11) is 0. The number of hydrogen-bond acceptors (Lipinski definition) is 4. The smallest absolute Gasteiger partial charge is 0.236 e. The van der Waals surface area contributed by atoms with Crippen molar-refractivity contribution in [1.29, 1.82) is 0 Å². The van der Waals surface area contributed by atoms with E-state index in [1.807, 2.05) is 4.90 Å². The van der Waals surface area contributed by atoms with Crippen molar-refractivity contribution in [3.8, 4) is 0 Å². The maximum absolute atomic E-state index is 12.3. The summed E-state index contributed by atoms with van der Waals surface area (Å²) in [5.74, 6) is 0.809. The van der Waals surface area contributed by atoms with E-state index in [0.717, 1.165) is 58.9 Å². The first-order valence-corrected chi connectivity index (χ1v) is 7.08. The Morgan fingerprint density at radius 3 is 2.83 bits per heavy atom. The third-order valence-corrected chi connectivity index (χ3v) is 3.81. The van der Waals surface area contributed by atoms with Gasteiger partial charge in [0.15, 0.2) is 0 Å². The molecule has 2 heterocycles. The Morgan fingerprint density at radius 2 is 2.22 bits per heavy atom. The molecule has 0 aromatic carbocycles. The first-order chi connectivity index (χ1) is 8.79. The van der Waals surface area contributed by atoms with E-state index in [1.54, 1.807) is 0 Å². The van der Waals surface area contributed by atoms with Crippen molar-refractivity contribution in [2.75, 3.05) is 59.0 Å². The highest BCUT2D eigenvalue weighted by molar-refractivity contribution is 5.78. The largest absolute Gasteiger partial charge is 0.381 e. The molecule has 0 aliphatic carbocycles. The Labute approximate surface area is 109 Å². The summed E-state index contributed by atoms with van der Waals surface area (Å²) >= 11 is 0. The Kier molecular flexibility index (Phi) is 5.41. The Balaban J connectivity index is 1.76. The van der Waals surface area contributed by atoms with Crippen LogP contribution in [0.5, 0.6) is 0 Å². The highest BCUT2D eigenvalue weighted by atomic mass is 16.5. The van der Waals surface area contributed by atoms with E-state index in [0.29, 0.717) is 12.5 Å². The minimum absolute atomic E-state index is 0.270. The van der Waals surface area contributed by atoms with E-state index in [9.17, 15) is 4.79 Å². The maximum Gasteiger partial charge on any atom is 0.236 e. The van der Waals surface area contributed by atoms with Crippen molar-refractivity contribution in [2.45, 2.75) is 13.3 Å². The van der Waals surface area contributed by atoms with Gasteiger partial charge in [-0.05, 0) is 13.3 Å². The Bertz CT molecular complexity index is 261. The molecule has 1 unspecified atom stereocenters. The van der Waals surface area contributed by atoms with Crippen molar-refractivity contribution >= 4 is 5.91 Å². The fraction of sp³-hybridized carbons (Fsp3) is 0.923. The molecular weight excluding hydrogens is 230 g/mol. The fourth-order valence-electron chi connectivity index (χ4n) is 2.61. The summed E-state index contributed by atoms with van der Waals surface area (Å²) in [6, 6.07) is 0. The second-order valence-corrected chi connectivity index (χ2v) is 5.19. The molecule has 1 amide bonds. The summed E-state index contributed by atoms with van der Waals surface area (Å²) < 4.78 is 5.38. The molecular formula is C13H25N3O2. The average molecular weight is 255 g/mol. The predicted molar refractivity (Wildman–Crippen MR) is 70.5 cm³/mol. The lowest BCUT2D eigenvalue weighted by molar-refractivity contribution is -0.133. The molecule has 2 rings (SSSR count). The number of nitrogens with one attached hydrogen (secondary N) is 1. The van der Waals surface area contributed by atoms with Gasteiger partial charge in [0.05, 0.1) is 13.2 Å². The van der Waals surface area contributed by atoms with Crippen LogP contribution in [-0.4, -0.2) is 74.7 Å². The summed E-state index contributed by atoms with van der Waals surface area (Å²) in [6.45, 7) is 9.93. The van der Waals surface area contributed by atoms with Gasteiger partial charge in [-0.3, -0.25) is 9.69 Å². The number of nitrogens with zero attached hydrogens (tertiary/aromatic N) is 2. The van der Waals surface area contributed by atoms with Crippen molar-refractivity contribution in [2.24, 2.45) is 5.92 Å². The summed E-state index contributed by atoms with van der Waals surface area (Å²) in [4.78, 5) is 16.5. The number of amides is 1. The quantitative estimate of drug-likeness (QED) is 0.737. The van der Waals surface area contributed by atoms with Gasteiger partial charge in [0.1, 0.15) is 0 Å². The zero-order chi connectivity index (χ0) is 12.8. The third-order valence-electron chi connectivity index (χ3n) is 3.81. The second-order valence-electron chi connectivity index (χ2n) is 5.19. The van der Waals surface area contributed by atoms with Crippen LogP contribution in [0.3, 0.4) is 0 Å². The lowest BCUT2D eigenvalue weighted by Crippen LogP contribution is -2.49. The van der Waals surface area contributed by atoms with E-state index < -0.39 is 0 Å². The SMILES string of the molecule is CCN(CC1CCOC1)C(=O)CN1CCNCC1. The zero-order valence-corrected chi connectivity index (χ0v) is 11.4. The molecule has 0 saturated carbocycles. The molecule has 2 aliphatic rings. The van der Waals surface area contributed by atoms with Crippen LogP contribution in [0, 0.1) is 5.92 Å². The molecule has 0 radical (unpaired) electrons. The van der Waals surface area contributed by atoms with Gasteiger partial charge >= 0.3 is 0 Å². The first-order valence-electron chi connectivity index (χ1n) is 7.08. The number of rotatable bonds is 5. The number of carbonyl (C=O) groups excluding carboxylic acids is 1. The minimum atomic E-state index is 0.270. The minimum Gasteiger partial charge on any atom is -0.381 e. The van der Waals surface area contributed by atoms with Crippen LogP contribution in [-0.2, 0) is 9.53 Å². The van der Waals surface area contributed by atoms with Crippen molar-refractivity contribution < 1.29 is 9.53 Å². The lowest BCUT2D eigenvalue weighted by atomic mass is 10.1. The van der Waals surface area contributed by atoms with Crippen molar-refractivity contribution in [1.82, 2.24) is 15.1 Å². The van der Waals surface area contributed by atoms with Crippen LogP contribution >= 0.6 is 0 Å². The van der Waals surface area contributed by atoms with Gasteiger partial charge in [0.2, 0.25) is 5.91 Å². The van der Waals surface area contributed by atoms with E-state index in [1.165, 1.54) is 0 Å². The topological polar surface area (TPSA) is 44.8 Å². The monoisotopic (exact) mass is 255 g/mol. The van der Waals surface area contributed by atoms with Gasteiger partial charge in [-0.15, -0.1) is 0 Å². The van der Waals surface area contributed by atoms with Crippen LogP contribution in [0.15, 0.2) is 0 Å². The van der Waals surface area contributed by atoms with Gasteiger partial charge in [0.25, 0.3) is 0 Å². The molecule has 0 bridgehead atoms. The van der Waals surface area contributed by atoms with Crippen LogP contribution < -0.4 is 5.32 Å². The average Bonchev–Trinajstić information content (AvgIpc) is 2.90. The third kappa shape index (κ3) is 3.93. The van der Waals surface area contributed by atoms with Crippen LogP contribution in [0.1, 0.15) is 13.3 Å². The van der Waals surface area contributed by atoms with Gasteiger partial charge < -0.3 is 15.0 Å². The van der Waals surface area contributed by atoms with E-state index >= 15 is 0 Å². The molecule has 0 aromatic rings. The van der Waals surface area contributed by atoms with E-state index in [4.69, 9.17) is 4.74 Å². The van der Waals surface area contributed by atoms with Crippen molar-refractivity contribution in [3.05, 3.63) is 0 Å². The standard InChI is InChI=1S/C13H25N3O2/c1-2-16(9-12-3-8-18-11-12)13(17)10-15-6-4-14-5-7-15/h12,14H,2-11H2,1H3. The molecule has 2 fully saturated rings. The van der Waals surface area contributed by atoms with E-state index in [-0.39, 0.29) is 5.91 Å². The molecule has 104 valence electrons. The number of likely N-dealkylation sites (N-methyl/N-ethyl adjacent to an activating group) is 1. The number of hydrogen-bond donors (Lipinski definition) is 1. The fourth-order valence-corrected chi connectivity index (χ4v) is 2.61. The van der Waals surface area contributed by atoms with Gasteiger partial charge in [-0.2, -0.15) is 0 Å². The maximum atomic E-state index is 12.3. The van der Waals surface area contributed by atoms with Crippen LogP contribution in [0.25, 0.3) is 0 Å². The predicted octanol–water partition coefficient (Wildman–Crippen LogP) is -0.223. The number of carbonyl (C=O) groups is 1. The zero-order valence-electron chi connectivity index (χ0n) is 11.4. The van der Waals surface area contributed by atoms with Crippen molar-refractivity contribution in [3.63, 3.8) is 0 Å². The normalized spacial score (nSPS) is 25.3. The van der Waals surface area contributed by atoms with Gasteiger partial charge in [-0.25, -0.2) is 0 Å². The Morgan fingerprint density at radius 1 is 1.44 bits per heavy atom. The van der Waals surface area contributed by atoms with Gasteiger partial charge in [0, 0.05) is 51.8 Å². The highest BCUT2D eigenvalue weighted by Crippen LogP contribution is 2.14. The first kappa shape index (κ1) is 13.8. The number of piperazine rings is 1. The lowest BCUT2D eigenvalue weighted by Gasteiger charge is -2.30. The highest BCUT2D eigenvalue weighted by Gasteiger charge is 2.23.